The second-order valence-corrected chi connectivity index (χ2v) is 5.87. The average Bonchev–Trinajstić information content (AvgIpc) is 2.66. The van der Waals surface area contributed by atoms with Gasteiger partial charge in [-0.15, -0.1) is 0 Å². The molecule has 5 heteroatoms. The second kappa shape index (κ2) is 4.98. The average molecular weight is 281 g/mol. The molecule has 0 bridgehead atoms. The van der Waals surface area contributed by atoms with Gasteiger partial charge in [-0.2, -0.15) is 4.98 Å². The molecule has 21 heavy (non-hydrogen) atoms. The van der Waals surface area contributed by atoms with Crippen molar-refractivity contribution in [3.8, 4) is 0 Å². The summed E-state index contributed by atoms with van der Waals surface area (Å²) in [5.41, 5.74) is 7.93. The summed E-state index contributed by atoms with van der Waals surface area (Å²) in [4.78, 5) is 13.0. The maximum absolute atomic E-state index is 5.82. The van der Waals surface area contributed by atoms with Crippen molar-refractivity contribution in [3.63, 3.8) is 0 Å². The zero-order valence-electron chi connectivity index (χ0n) is 12.0. The van der Waals surface area contributed by atoms with Gasteiger partial charge in [0.05, 0.1) is 11.7 Å². The number of aromatic nitrogens is 4. The lowest BCUT2D eigenvalue weighted by atomic mass is 10.1. The Morgan fingerprint density at radius 1 is 1.05 bits per heavy atom. The molecule has 4 rings (SSSR count). The van der Waals surface area contributed by atoms with Gasteiger partial charge in [-0.05, 0) is 18.9 Å². The number of hydrogen-bond acceptors (Lipinski definition) is 4. The zero-order valence-corrected chi connectivity index (χ0v) is 12.0. The van der Waals surface area contributed by atoms with E-state index in [0.717, 1.165) is 16.6 Å². The van der Waals surface area contributed by atoms with Crippen molar-refractivity contribution in [3.05, 3.63) is 24.7 Å². The van der Waals surface area contributed by atoms with E-state index < -0.39 is 0 Å². The number of nitrogens with zero attached hydrogens (tertiary/aromatic N) is 4. The highest BCUT2D eigenvalue weighted by molar-refractivity contribution is 6.06. The zero-order chi connectivity index (χ0) is 14.2. The maximum Gasteiger partial charge on any atom is 0.221 e. The van der Waals surface area contributed by atoms with Gasteiger partial charge in [0, 0.05) is 29.2 Å². The van der Waals surface area contributed by atoms with E-state index in [9.17, 15) is 0 Å². The van der Waals surface area contributed by atoms with Gasteiger partial charge in [0.15, 0.2) is 0 Å². The standard InChI is InChI=1S/C16H19N5/c17-16-19-9-13-12-7-8-18-10-14(12)21(15(13)20-16)11-5-3-1-2-4-6-11/h7-11H,1-6H2,(H2,17,19,20). The largest absolute Gasteiger partial charge is 0.368 e. The van der Waals surface area contributed by atoms with E-state index >= 15 is 0 Å². The summed E-state index contributed by atoms with van der Waals surface area (Å²) in [5, 5.41) is 2.25. The molecule has 0 unspecified atom stereocenters. The lowest BCUT2D eigenvalue weighted by Crippen LogP contribution is -2.09. The minimum atomic E-state index is 0.341. The van der Waals surface area contributed by atoms with E-state index in [-0.39, 0.29) is 0 Å². The number of rotatable bonds is 1. The molecular weight excluding hydrogens is 262 g/mol. The van der Waals surface area contributed by atoms with Crippen molar-refractivity contribution in [2.45, 2.75) is 44.6 Å². The van der Waals surface area contributed by atoms with E-state index in [0.29, 0.717) is 12.0 Å². The van der Waals surface area contributed by atoms with E-state index in [1.54, 1.807) is 0 Å². The van der Waals surface area contributed by atoms with Gasteiger partial charge in [0.25, 0.3) is 0 Å². The van der Waals surface area contributed by atoms with Crippen LogP contribution in [0.5, 0.6) is 0 Å². The predicted octanol–water partition coefficient (Wildman–Crippen LogP) is 3.46. The second-order valence-electron chi connectivity index (χ2n) is 5.87. The molecule has 3 aromatic heterocycles. The summed E-state index contributed by atoms with van der Waals surface area (Å²) in [6, 6.07) is 2.54. The summed E-state index contributed by atoms with van der Waals surface area (Å²) in [5.74, 6) is 0.341. The lowest BCUT2D eigenvalue weighted by molar-refractivity contribution is 0.464. The fraction of sp³-hybridized carbons (Fsp3) is 0.438. The fourth-order valence-electron chi connectivity index (χ4n) is 3.57. The first-order chi connectivity index (χ1) is 10.3. The van der Waals surface area contributed by atoms with Gasteiger partial charge < -0.3 is 10.3 Å². The molecule has 0 aliphatic heterocycles. The summed E-state index contributed by atoms with van der Waals surface area (Å²) in [6.45, 7) is 0. The lowest BCUT2D eigenvalue weighted by Gasteiger charge is -2.18. The molecule has 0 amide bonds. The summed E-state index contributed by atoms with van der Waals surface area (Å²) in [6.07, 6.45) is 13.3. The first kappa shape index (κ1) is 12.6. The molecule has 5 nitrogen and oxygen atoms in total. The smallest absolute Gasteiger partial charge is 0.221 e. The number of hydrogen-bond donors (Lipinski definition) is 1. The maximum atomic E-state index is 5.82. The number of nitrogen functional groups attached to an aromatic ring is 1. The molecule has 1 fully saturated rings. The van der Waals surface area contributed by atoms with E-state index in [4.69, 9.17) is 5.73 Å². The molecule has 0 spiro atoms. The minimum absolute atomic E-state index is 0.341. The SMILES string of the molecule is Nc1ncc2c3ccncc3n(C3CCCCCC3)c2n1. The molecule has 0 saturated heterocycles. The third-order valence-corrected chi connectivity index (χ3v) is 4.56. The highest BCUT2D eigenvalue weighted by atomic mass is 15.1. The van der Waals surface area contributed by atoms with Crippen LogP contribution in [0.2, 0.25) is 0 Å². The van der Waals surface area contributed by atoms with Crippen LogP contribution in [-0.2, 0) is 0 Å². The highest BCUT2D eigenvalue weighted by Gasteiger charge is 2.21. The molecule has 3 heterocycles. The van der Waals surface area contributed by atoms with Gasteiger partial charge >= 0.3 is 0 Å². The Hall–Kier alpha value is -2.17. The predicted molar refractivity (Wildman–Crippen MR) is 84.0 cm³/mol. The Morgan fingerprint density at radius 2 is 1.86 bits per heavy atom. The summed E-state index contributed by atoms with van der Waals surface area (Å²) >= 11 is 0. The monoisotopic (exact) mass is 281 g/mol. The molecule has 1 aliphatic rings. The van der Waals surface area contributed by atoms with Crippen molar-refractivity contribution < 1.29 is 0 Å². The van der Waals surface area contributed by atoms with Gasteiger partial charge in [0.1, 0.15) is 5.65 Å². The van der Waals surface area contributed by atoms with Crippen molar-refractivity contribution in [2.75, 3.05) is 5.73 Å². The number of pyridine rings is 1. The van der Waals surface area contributed by atoms with Crippen LogP contribution >= 0.6 is 0 Å². The molecule has 1 aliphatic carbocycles. The number of fused-ring (bicyclic) bond motifs is 3. The minimum Gasteiger partial charge on any atom is -0.368 e. The van der Waals surface area contributed by atoms with Crippen molar-refractivity contribution in [1.82, 2.24) is 19.5 Å². The van der Waals surface area contributed by atoms with E-state index in [2.05, 4.69) is 19.5 Å². The molecule has 0 atom stereocenters. The molecule has 2 N–H and O–H groups in total. The highest BCUT2D eigenvalue weighted by Crippen LogP contribution is 2.35. The quantitative estimate of drug-likeness (QED) is 0.693. The molecule has 0 radical (unpaired) electrons. The van der Waals surface area contributed by atoms with E-state index in [1.165, 1.54) is 43.9 Å². The van der Waals surface area contributed by atoms with Crippen LogP contribution in [0.15, 0.2) is 24.7 Å². The molecule has 108 valence electrons. The van der Waals surface area contributed by atoms with Crippen molar-refractivity contribution in [1.29, 1.82) is 0 Å². The molecular formula is C16H19N5. The van der Waals surface area contributed by atoms with Gasteiger partial charge in [-0.3, -0.25) is 4.98 Å². The van der Waals surface area contributed by atoms with Crippen LogP contribution in [0.25, 0.3) is 21.9 Å². The van der Waals surface area contributed by atoms with Gasteiger partial charge in [0.2, 0.25) is 5.95 Å². The van der Waals surface area contributed by atoms with Crippen LogP contribution in [0.1, 0.15) is 44.6 Å². The third kappa shape index (κ3) is 2.04. The van der Waals surface area contributed by atoms with Gasteiger partial charge in [-0.1, -0.05) is 25.7 Å². The third-order valence-electron chi connectivity index (χ3n) is 4.56. The van der Waals surface area contributed by atoms with Crippen LogP contribution in [0.4, 0.5) is 5.95 Å². The Labute approximate surface area is 123 Å². The van der Waals surface area contributed by atoms with Crippen molar-refractivity contribution in [2.24, 2.45) is 0 Å². The molecule has 1 saturated carbocycles. The first-order valence-electron chi connectivity index (χ1n) is 7.71. The van der Waals surface area contributed by atoms with Crippen LogP contribution in [0.3, 0.4) is 0 Å². The normalized spacial score (nSPS) is 17.3. The Kier molecular flexibility index (Phi) is 2.98. The van der Waals surface area contributed by atoms with Crippen molar-refractivity contribution >= 4 is 27.9 Å². The molecule has 0 aromatic carbocycles. The number of anilines is 1. The van der Waals surface area contributed by atoms with Crippen LogP contribution in [0, 0.1) is 0 Å². The van der Waals surface area contributed by atoms with E-state index in [1.807, 2.05) is 24.7 Å². The van der Waals surface area contributed by atoms with Crippen LogP contribution < -0.4 is 5.73 Å². The Bertz CT molecular complexity index is 784. The topological polar surface area (TPSA) is 69.6 Å². The van der Waals surface area contributed by atoms with Gasteiger partial charge in [-0.25, -0.2) is 4.98 Å². The number of nitrogens with two attached hydrogens (primary N) is 1. The summed E-state index contributed by atoms with van der Waals surface area (Å²) < 4.78 is 2.35. The first-order valence-corrected chi connectivity index (χ1v) is 7.71. The Morgan fingerprint density at radius 3 is 2.67 bits per heavy atom. The van der Waals surface area contributed by atoms with Crippen LogP contribution in [-0.4, -0.2) is 19.5 Å². The molecule has 3 aromatic rings. The fourth-order valence-corrected chi connectivity index (χ4v) is 3.57. The summed E-state index contributed by atoms with van der Waals surface area (Å²) in [7, 11) is 0. The Balaban J connectivity index is 2.01.